The highest BCUT2D eigenvalue weighted by Crippen LogP contribution is 2.76. The van der Waals surface area contributed by atoms with Gasteiger partial charge in [-0.1, -0.05) is 34.6 Å². The van der Waals surface area contributed by atoms with Crippen LogP contribution < -0.4 is 0 Å². The summed E-state index contributed by atoms with van der Waals surface area (Å²) in [6.07, 6.45) is -11.2. The van der Waals surface area contributed by atoms with Gasteiger partial charge in [0.2, 0.25) is 0 Å². The van der Waals surface area contributed by atoms with Crippen LogP contribution in [0.5, 0.6) is 0 Å². The van der Waals surface area contributed by atoms with Crippen molar-refractivity contribution in [3.8, 4) is 0 Å². The van der Waals surface area contributed by atoms with Gasteiger partial charge in [-0.2, -0.15) is 0 Å². The second kappa shape index (κ2) is 15.4. The highest BCUT2D eigenvalue weighted by atomic mass is 16.8. The lowest BCUT2D eigenvalue weighted by Crippen LogP contribution is -2.71. The average Bonchev–Trinajstić information content (AvgIpc) is 3.48. The lowest BCUT2D eigenvalue weighted by Gasteiger charge is -2.72. The van der Waals surface area contributed by atoms with Gasteiger partial charge in [0.15, 0.2) is 12.6 Å². The van der Waals surface area contributed by atoms with Crippen LogP contribution in [0.4, 0.5) is 0 Å². The molecule has 6 fully saturated rings. The van der Waals surface area contributed by atoms with Crippen LogP contribution in [0.2, 0.25) is 0 Å². The Labute approximate surface area is 332 Å². The minimum absolute atomic E-state index is 0.0128. The van der Waals surface area contributed by atoms with Gasteiger partial charge in [0.25, 0.3) is 0 Å². The molecule has 6 rings (SSSR count). The molecule has 4 aliphatic carbocycles. The van der Waals surface area contributed by atoms with E-state index in [2.05, 4.69) is 20.8 Å². The monoisotopic (exact) mass is 803 g/mol. The molecule has 6 aliphatic rings. The standard InChI is InChI=1S/C42H74O14/c1-20-28(46)30(48)32(50)35(53-20)56-33-31(49)29(47)24(19-43)55-36(33)54-23-18-41(8)25(39(6)15-12-26(45)38(4,5)34(23)39)17-22(44)27-21(11-16-40(27,41)7)42(9,52)14-10-13-37(2,3)51/h20-36,43-52H,10-19H2,1-9H3. The van der Waals surface area contributed by atoms with E-state index in [0.29, 0.717) is 44.9 Å². The Bertz CT molecular complexity index is 1370. The number of ether oxygens (including phenoxy) is 4. The van der Waals surface area contributed by atoms with Crippen LogP contribution in [-0.4, -0.2) is 149 Å². The zero-order valence-corrected chi connectivity index (χ0v) is 35.0. The summed E-state index contributed by atoms with van der Waals surface area (Å²) < 4.78 is 25.1. The Morgan fingerprint density at radius 3 is 2.02 bits per heavy atom. The fourth-order valence-electron chi connectivity index (χ4n) is 13.5. The van der Waals surface area contributed by atoms with E-state index in [1.807, 2.05) is 20.8 Å². The van der Waals surface area contributed by atoms with Crippen LogP contribution in [0, 0.1) is 45.3 Å². The zero-order valence-electron chi connectivity index (χ0n) is 35.0. The lowest BCUT2D eigenvalue weighted by molar-refractivity contribution is -0.382. The summed E-state index contributed by atoms with van der Waals surface area (Å²) >= 11 is 0. The molecule has 0 amide bonds. The maximum absolute atomic E-state index is 12.3. The minimum atomic E-state index is -1.71. The van der Waals surface area contributed by atoms with Crippen LogP contribution in [-0.2, 0) is 18.9 Å². The molecule has 2 saturated heterocycles. The molecule has 0 aromatic carbocycles. The quantitative estimate of drug-likeness (QED) is 0.140. The van der Waals surface area contributed by atoms with Crippen LogP contribution in [0.3, 0.4) is 0 Å². The Balaban J connectivity index is 1.37. The van der Waals surface area contributed by atoms with E-state index in [1.165, 1.54) is 6.92 Å². The summed E-state index contributed by atoms with van der Waals surface area (Å²) in [5.74, 6) is -0.689. The maximum atomic E-state index is 12.3. The largest absolute Gasteiger partial charge is 0.394 e. The zero-order chi connectivity index (χ0) is 41.7. The number of rotatable bonds is 10. The van der Waals surface area contributed by atoms with Crippen molar-refractivity contribution in [2.24, 2.45) is 45.3 Å². The van der Waals surface area contributed by atoms with Gasteiger partial charge in [0, 0.05) is 0 Å². The van der Waals surface area contributed by atoms with E-state index < -0.39 is 119 Å². The highest BCUT2D eigenvalue weighted by molar-refractivity contribution is 5.22. The van der Waals surface area contributed by atoms with Gasteiger partial charge in [0.1, 0.15) is 42.7 Å². The molecule has 0 radical (unpaired) electrons. The van der Waals surface area contributed by atoms with Crippen molar-refractivity contribution in [2.75, 3.05) is 6.61 Å². The molecule has 10 N–H and O–H groups in total. The van der Waals surface area contributed by atoms with Crippen LogP contribution in [0.1, 0.15) is 120 Å². The van der Waals surface area contributed by atoms with Gasteiger partial charge in [-0.25, -0.2) is 0 Å². The summed E-state index contributed by atoms with van der Waals surface area (Å²) in [4.78, 5) is 0. The van der Waals surface area contributed by atoms with Gasteiger partial charge in [-0.3, -0.25) is 0 Å². The first-order valence-electron chi connectivity index (χ1n) is 21.2. The molecule has 2 heterocycles. The molecular weight excluding hydrogens is 728 g/mol. The van der Waals surface area contributed by atoms with E-state index in [9.17, 15) is 51.1 Å². The Morgan fingerprint density at radius 2 is 1.39 bits per heavy atom. The van der Waals surface area contributed by atoms with Crippen molar-refractivity contribution >= 4 is 0 Å². The first-order valence-corrected chi connectivity index (χ1v) is 21.2. The Hall–Kier alpha value is -0.560. The minimum Gasteiger partial charge on any atom is -0.394 e. The number of hydrogen-bond acceptors (Lipinski definition) is 14. The second-order valence-corrected chi connectivity index (χ2v) is 21.1. The first-order chi connectivity index (χ1) is 25.7. The van der Waals surface area contributed by atoms with E-state index in [0.717, 1.165) is 12.8 Å². The molecule has 14 heteroatoms. The van der Waals surface area contributed by atoms with E-state index in [1.54, 1.807) is 13.8 Å². The second-order valence-electron chi connectivity index (χ2n) is 21.1. The molecule has 2 aliphatic heterocycles. The number of hydrogen-bond donors (Lipinski definition) is 10. The highest BCUT2D eigenvalue weighted by Gasteiger charge is 2.73. The van der Waals surface area contributed by atoms with E-state index in [4.69, 9.17) is 18.9 Å². The van der Waals surface area contributed by atoms with Crippen LogP contribution >= 0.6 is 0 Å². The topological polar surface area (TPSA) is 239 Å². The maximum Gasteiger partial charge on any atom is 0.187 e. The first kappa shape index (κ1) is 45.0. The molecule has 4 saturated carbocycles. The van der Waals surface area contributed by atoms with Crippen molar-refractivity contribution in [3.63, 3.8) is 0 Å². The smallest absolute Gasteiger partial charge is 0.187 e. The molecule has 0 aromatic rings. The molecule has 326 valence electrons. The number of aliphatic hydroxyl groups excluding tert-OH is 8. The molecule has 14 nitrogen and oxygen atoms in total. The summed E-state index contributed by atoms with van der Waals surface area (Å²) in [5.41, 5.74) is -3.96. The fourth-order valence-corrected chi connectivity index (χ4v) is 13.5. The van der Waals surface area contributed by atoms with Crippen LogP contribution in [0.15, 0.2) is 0 Å². The van der Waals surface area contributed by atoms with Crippen molar-refractivity contribution in [1.29, 1.82) is 0 Å². The predicted octanol–water partition coefficient (Wildman–Crippen LogP) is 1.34. The van der Waals surface area contributed by atoms with Gasteiger partial charge in [-0.05, 0) is 131 Å². The Morgan fingerprint density at radius 1 is 0.732 bits per heavy atom. The average molecular weight is 803 g/mol. The third-order valence-electron chi connectivity index (χ3n) is 16.7. The number of aliphatic hydroxyl groups is 10. The van der Waals surface area contributed by atoms with Crippen molar-refractivity contribution in [1.82, 2.24) is 0 Å². The van der Waals surface area contributed by atoms with Crippen molar-refractivity contribution < 1.29 is 70.0 Å². The fraction of sp³-hybridized carbons (Fsp3) is 1.00. The summed E-state index contributed by atoms with van der Waals surface area (Å²) in [6, 6.07) is 0. The number of fused-ring (bicyclic) bond motifs is 5. The van der Waals surface area contributed by atoms with Gasteiger partial charge >= 0.3 is 0 Å². The summed E-state index contributed by atoms with van der Waals surface area (Å²) in [7, 11) is 0. The SMILES string of the molecule is CC1OC(OC2C(OC3CC4(C)C(CC(O)C5C(C(C)(O)CCCC(C)(C)O)CCC54C)C4(C)CCC(O)C(C)(C)C34)OC(CO)C(O)C2O)C(O)C(O)C1O. The molecule has 56 heavy (non-hydrogen) atoms. The molecule has 21 unspecified atom stereocenters. The van der Waals surface area contributed by atoms with Crippen LogP contribution in [0.25, 0.3) is 0 Å². The third-order valence-corrected chi connectivity index (χ3v) is 16.7. The van der Waals surface area contributed by atoms with Gasteiger partial charge in [-0.15, -0.1) is 0 Å². The van der Waals surface area contributed by atoms with E-state index >= 15 is 0 Å². The molecule has 0 aromatic heterocycles. The van der Waals surface area contributed by atoms with Gasteiger partial charge in [0.05, 0.1) is 42.2 Å². The summed E-state index contributed by atoms with van der Waals surface area (Å²) in [5, 5.41) is 111. The lowest BCUT2D eigenvalue weighted by atomic mass is 9.34. The third kappa shape index (κ3) is 7.35. The summed E-state index contributed by atoms with van der Waals surface area (Å²) in [6.45, 7) is 17.1. The molecule has 0 spiro atoms. The Kier molecular flexibility index (Phi) is 12.4. The molecule has 0 bridgehead atoms. The molecular formula is C42H74O14. The van der Waals surface area contributed by atoms with E-state index in [-0.39, 0.29) is 23.7 Å². The normalized spacial score (nSPS) is 53.1. The predicted molar refractivity (Wildman–Crippen MR) is 202 cm³/mol. The van der Waals surface area contributed by atoms with Crippen molar-refractivity contribution in [2.45, 2.75) is 211 Å². The molecule has 21 atom stereocenters. The van der Waals surface area contributed by atoms with Crippen molar-refractivity contribution in [3.05, 3.63) is 0 Å². The van der Waals surface area contributed by atoms with Gasteiger partial charge < -0.3 is 70.0 Å².